The maximum absolute atomic E-state index is 12.3. The van der Waals surface area contributed by atoms with Gasteiger partial charge in [-0.1, -0.05) is 0 Å². The van der Waals surface area contributed by atoms with Crippen molar-refractivity contribution in [1.29, 1.82) is 0 Å². The Kier molecular flexibility index (Phi) is 4.65. The molecule has 6 nitrogen and oxygen atoms in total. The molecule has 122 valence electrons. The Morgan fingerprint density at radius 1 is 1.55 bits per heavy atom. The molecule has 22 heavy (non-hydrogen) atoms. The molecule has 0 radical (unpaired) electrons. The van der Waals surface area contributed by atoms with Crippen LogP contribution in [-0.4, -0.2) is 52.3 Å². The van der Waals surface area contributed by atoms with Gasteiger partial charge in [0.25, 0.3) is 0 Å². The molecule has 0 bridgehead atoms. The molecule has 0 aromatic carbocycles. The van der Waals surface area contributed by atoms with Gasteiger partial charge in [-0.05, 0) is 32.1 Å². The van der Waals surface area contributed by atoms with Gasteiger partial charge in [-0.25, -0.2) is 4.98 Å². The fourth-order valence-electron chi connectivity index (χ4n) is 3.35. The van der Waals surface area contributed by atoms with Crippen LogP contribution >= 0.6 is 11.3 Å². The first-order valence-electron chi connectivity index (χ1n) is 7.89. The van der Waals surface area contributed by atoms with Crippen LogP contribution < -0.4 is 5.73 Å². The number of nitrogens with two attached hydrogens (primary N) is 1. The first-order chi connectivity index (χ1) is 10.6. The number of hydrogen-bond acceptors (Lipinski definition) is 6. The molecule has 2 saturated heterocycles. The predicted molar refractivity (Wildman–Crippen MR) is 84.6 cm³/mol. The van der Waals surface area contributed by atoms with E-state index in [4.69, 9.17) is 10.5 Å². The number of amides is 1. The molecule has 3 rings (SSSR count). The highest BCUT2D eigenvalue weighted by Gasteiger charge is 2.44. The first-order valence-corrected chi connectivity index (χ1v) is 8.77. The van der Waals surface area contributed by atoms with Gasteiger partial charge in [-0.15, -0.1) is 11.3 Å². The number of hydrogen-bond donors (Lipinski definition) is 2. The molecule has 1 aromatic heterocycles. The highest BCUT2D eigenvalue weighted by atomic mass is 32.1. The van der Waals surface area contributed by atoms with Crippen molar-refractivity contribution in [3.8, 4) is 0 Å². The van der Waals surface area contributed by atoms with Crippen molar-refractivity contribution in [2.75, 3.05) is 25.4 Å². The predicted octanol–water partition coefficient (Wildman–Crippen LogP) is 1.19. The second-order valence-corrected chi connectivity index (χ2v) is 7.02. The lowest BCUT2D eigenvalue weighted by atomic mass is 9.82. The molecule has 0 saturated carbocycles. The topological polar surface area (TPSA) is 88.7 Å². The lowest BCUT2D eigenvalue weighted by Gasteiger charge is -2.46. The molecule has 2 aliphatic rings. The summed E-state index contributed by atoms with van der Waals surface area (Å²) in [7, 11) is 0. The van der Waals surface area contributed by atoms with Gasteiger partial charge in [-0.2, -0.15) is 0 Å². The minimum atomic E-state index is -0.418. The van der Waals surface area contributed by atoms with Crippen LogP contribution in [0.25, 0.3) is 0 Å². The second kappa shape index (κ2) is 6.52. The van der Waals surface area contributed by atoms with E-state index in [1.165, 1.54) is 11.3 Å². The summed E-state index contributed by atoms with van der Waals surface area (Å²) in [6, 6.07) is 0. The summed E-state index contributed by atoms with van der Waals surface area (Å²) in [6.45, 7) is 2.04. The third-order valence-electron chi connectivity index (χ3n) is 4.75. The highest BCUT2D eigenvalue weighted by molar-refractivity contribution is 7.13. The van der Waals surface area contributed by atoms with Crippen LogP contribution in [0, 0.1) is 0 Å². The smallest absolute Gasteiger partial charge is 0.222 e. The molecule has 3 N–H and O–H groups in total. The summed E-state index contributed by atoms with van der Waals surface area (Å²) >= 11 is 1.40. The molecular formula is C15H23N3O3S. The first kappa shape index (κ1) is 15.7. The van der Waals surface area contributed by atoms with E-state index in [-0.39, 0.29) is 5.91 Å². The fourth-order valence-corrected chi connectivity index (χ4v) is 3.95. The average Bonchev–Trinajstić information content (AvgIpc) is 2.94. The number of aliphatic hydroxyl groups is 1. The monoisotopic (exact) mass is 325 g/mol. The Morgan fingerprint density at radius 3 is 2.95 bits per heavy atom. The van der Waals surface area contributed by atoms with Gasteiger partial charge in [0.1, 0.15) is 0 Å². The SMILES string of the molecule is Nc1nc(CCC(=O)N2CCC3(CC2)OCCCC3O)cs1. The van der Waals surface area contributed by atoms with Gasteiger partial charge in [0.05, 0.1) is 17.4 Å². The molecular weight excluding hydrogens is 302 g/mol. The number of aryl methyl sites for hydroxylation is 1. The Labute approximate surface area is 134 Å². The van der Waals surface area contributed by atoms with Gasteiger partial charge in [0, 0.05) is 31.5 Å². The van der Waals surface area contributed by atoms with E-state index in [9.17, 15) is 9.90 Å². The van der Waals surface area contributed by atoms with E-state index in [0.717, 1.165) is 38.0 Å². The van der Waals surface area contributed by atoms with Crippen LogP contribution in [-0.2, 0) is 16.0 Å². The molecule has 1 amide bonds. The van der Waals surface area contributed by atoms with Gasteiger partial charge in [0.15, 0.2) is 5.13 Å². The van der Waals surface area contributed by atoms with Gasteiger partial charge >= 0.3 is 0 Å². The van der Waals surface area contributed by atoms with Crippen LogP contribution in [0.5, 0.6) is 0 Å². The number of nitrogens with zero attached hydrogens (tertiary/aromatic N) is 2. The van der Waals surface area contributed by atoms with Gasteiger partial charge < -0.3 is 20.5 Å². The molecule has 2 aliphatic heterocycles. The number of aliphatic hydroxyl groups excluding tert-OH is 1. The standard InChI is InChI=1S/C15H23N3O3S/c16-14-17-11(10-22-14)3-4-13(20)18-7-5-15(6-8-18)12(19)2-1-9-21-15/h10,12,19H,1-9H2,(H2,16,17). The van der Waals surface area contributed by atoms with Crippen molar-refractivity contribution in [1.82, 2.24) is 9.88 Å². The van der Waals surface area contributed by atoms with Crippen LogP contribution in [0.4, 0.5) is 5.13 Å². The number of aromatic nitrogens is 1. The van der Waals surface area contributed by atoms with Crippen LogP contribution in [0.3, 0.4) is 0 Å². The molecule has 1 aromatic rings. The van der Waals surface area contributed by atoms with Crippen molar-refractivity contribution in [3.05, 3.63) is 11.1 Å². The second-order valence-electron chi connectivity index (χ2n) is 6.13. The number of anilines is 1. The summed E-state index contributed by atoms with van der Waals surface area (Å²) in [5, 5.41) is 12.7. The van der Waals surface area contributed by atoms with Crippen molar-refractivity contribution in [3.63, 3.8) is 0 Å². The molecule has 1 spiro atoms. The van der Waals surface area contributed by atoms with Crippen molar-refractivity contribution in [2.24, 2.45) is 0 Å². The lowest BCUT2D eigenvalue weighted by Crippen LogP contribution is -2.56. The Morgan fingerprint density at radius 2 is 2.32 bits per heavy atom. The summed E-state index contributed by atoms with van der Waals surface area (Å²) < 4.78 is 5.87. The number of carbonyl (C=O) groups is 1. The third-order valence-corrected chi connectivity index (χ3v) is 5.47. The minimum Gasteiger partial charge on any atom is -0.390 e. The van der Waals surface area contributed by atoms with Gasteiger partial charge in [-0.3, -0.25) is 4.79 Å². The van der Waals surface area contributed by atoms with E-state index in [1.807, 2.05) is 10.3 Å². The van der Waals surface area contributed by atoms with E-state index in [2.05, 4.69) is 4.98 Å². The maximum atomic E-state index is 12.3. The summed E-state index contributed by atoms with van der Waals surface area (Å²) in [5.74, 6) is 0.145. The number of nitrogen functional groups attached to an aromatic ring is 1. The molecule has 1 unspecified atom stereocenters. The van der Waals surface area contributed by atoms with Gasteiger partial charge in [0.2, 0.25) is 5.91 Å². The Hall–Kier alpha value is -1.18. The molecule has 3 heterocycles. The number of thiazole rings is 1. The Bertz CT molecular complexity index is 526. The summed E-state index contributed by atoms with van der Waals surface area (Å²) in [6.07, 6.45) is 3.87. The van der Waals surface area contributed by atoms with Crippen LogP contribution in [0.2, 0.25) is 0 Å². The maximum Gasteiger partial charge on any atom is 0.222 e. The summed E-state index contributed by atoms with van der Waals surface area (Å²) in [5.41, 5.74) is 6.06. The number of carbonyl (C=O) groups excluding carboxylic acids is 1. The summed E-state index contributed by atoms with van der Waals surface area (Å²) in [4.78, 5) is 18.4. The van der Waals surface area contributed by atoms with Crippen molar-refractivity contribution < 1.29 is 14.6 Å². The average molecular weight is 325 g/mol. The zero-order valence-electron chi connectivity index (χ0n) is 12.7. The van der Waals surface area contributed by atoms with Crippen molar-refractivity contribution >= 4 is 22.4 Å². The number of likely N-dealkylation sites (tertiary alicyclic amines) is 1. The lowest BCUT2D eigenvalue weighted by molar-refractivity contribution is -0.179. The molecule has 0 aliphatic carbocycles. The third kappa shape index (κ3) is 3.26. The Balaban J connectivity index is 1.49. The number of rotatable bonds is 3. The fraction of sp³-hybridized carbons (Fsp3) is 0.733. The highest BCUT2D eigenvalue weighted by Crippen LogP contribution is 2.35. The largest absolute Gasteiger partial charge is 0.390 e. The number of ether oxygens (including phenoxy) is 1. The van der Waals surface area contributed by atoms with E-state index < -0.39 is 11.7 Å². The van der Waals surface area contributed by atoms with Crippen LogP contribution in [0.15, 0.2) is 5.38 Å². The molecule has 7 heteroatoms. The van der Waals surface area contributed by atoms with Crippen LogP contribution in [0.1, 0.15) is 37.8 Å². The van der Waals surface area contributed by atoms with E-state index in [1.54, 1.807) is 0 Å². The zero-order valence-corrected chi connectivity index (χ0v) is 13.5. The zero-order chi connectivity index (χ0) is 15.6. The quantitative estimate of drug-likeness (QED) is 0.871. The van der Waals surface area contributed by atoms with E-state index in [0.29, 0.717) is 31.1 Å². The van der Waals surface area contributed by atoms with E-state index >= 15 is 0 Å². The normalized spacial score (nSPS) is 24.6. The van der Waals surface area contributed by atoms with Crippen molar-refractivity contribution in [2.45, 2.75) is 50.2 Å². The molecule has 2 fully saturated rings. The number of piperidine rings is 1. The molecule has 1 atom stereocenters. The minimum absolute atomic E-state index is 0.145.